The summed E-state index contributed by atoms with van der Waals surface area (Å²) < 4.78 is 0. The number of rotatable bonds is 4. The molecule has 1 N–H and O–H groups in total. The highest BCUT2D eigenvalue weighted by Crippen LogP contribution is 2.35. The number of aliphatic hydroxyl groups is 1. The first-order valence-corrected chi connectivity index (χ1v) is 8.14. The van der Waals surface area contributed by atoms with Crippen molar-refractivity contribution in [2.45, 2.75) is 11.3 Å². The third kappa shape index (κ3) is 3.61. The molecule has 1 heterocycles. The molecule has 0 aliphatic rings. The van der Waals surface area contributed by atoms with Crippen molar-refractivity contribution < 1.29 is 5.11 Å². The summed E-state index contributed by atoms with van der Waals surface area (Å²) in [7, 11) is 3.70. The zero-order valence-electron chi connectivity index (χ0n) is 11.8. The number of anilines is 1. The van der Waals surface area contributed by atoms with Gasteiger partial charge in [-0.1, -0.05) is 47.1 Å². The van der Waals surface area contributed by atoms with Gasteiger partial charge in [0.2, 0.25) is 0 Å². The summed E-state index contributed by atoms with van der Waals surface area (Å²) in [4.78, 5) is 10.4. The average molecular weight is 344 g/mol. The molecule has 0 aliphatic carbocycles. The van der Waals surface area contributed by atoms with Crippen molar-refractivity contribution in [2.75, 3.05) is 25.3 Å². The number of thioether (sulfide) groups is 1. The molecular weight excluding hydrogens is 329 g/mol. The van der Waals surface area contributed by atoms with Crippen LogP contribution in [0.3, 0.4) is 0 Å². The lowest BCUT2D eigenvalue weighted by atomic mass is 10.0. The average Bonchev–Trinajstić information content (AvgIpc) is 2.46. The van der Waals surface area contributed by atoms with Crippen LogP contribution in [0.4, 0.5) is 5.82 Å². The Bertz CT molecular complexity index is 635. The molecule has 0 spiro atoms. The Morgan fingerprint density at radius 1 is 1.14 bits per heavy atom. The molecule has 0 saturated carbocycles. The number of aromatic nitrogens is 2. The third-order valence-electron chi connectivity index (χ3n) is 2.92. The quantitative estimate of drug-likeness (QED) is 0.521. The minimum atomic E-state index is -0.914. The van der Waals surface area contributed by atoms with E-state index in [1.807, 2.05) is 25.3 Å². The van der Waals surface area contributed by atoms with E-state index in [1.165, 1.54) is 11.8 Å². The van der Waals surface area contributed by atoms with Gasteiger partial charge < -0.3 is 10.0 Å². The fourth-order valence-electron chi connectivity index (χ4n) is 1.89. The van der Waals surface area contributed by atoms with Crippen LogP contribution in [0.2, 0.25) is 10.2 Å². The van der Waals surface area contributed by atoms with Crippen molar-refractivity contribution in [3.05, 3.63) is 45.6 Å². The van der Waals surface area contributed by atoms with Crippen LogP contribution in [-0.2, 0) is 0 Å². The van der Waals surface area contributed by atoms with Crippen LogP contribution in [0.15, 0.2) is 29.4 Å². The van der Waals surface area contributed by atoms with E-state index in [2.05, 4.69) is 9.97 Å². The number of nitrogens with zero attached hydrogens (tertiary/aromatic N) is 3. The maximum absolute atomic E-state index is 10.6. The van der Waals surface area contributed by atoms with Gasteiger partial charge in [-0.25, -0.2) is 9.97 Å². The van der Waals surface area contributed by atoms with Crippen LogP contribution < -0.4 is 4.90 Å². The molecule has 7 heteroatoms. The second-order valence-corrected chi connectivity index (χ2v) is 6.15. The highest BCUT2D eigenvalue weighted by atomic mass is 35.5. The van der Waals surface area contributed by atoms with Crippen LogP contribution >= 0.6 is 35.0 Å². The zero-order chi connectivity index (χ0) is 15.6. The molecule has 0 radical (unpaired) electrons. The maximum Gasteiger partial charge on any atom is 0.190 e. The van der Waals surface area contributed by atoms with Crippen molar-refractivity contribution in [3.8, 4) is 0 Å². The summed E-state index contributed by atoms with van der Waals surface area (Å²) in [6, 6.07) is 6.96. The minimum Gasteiger partial charge on any atom is -0.383 e. The highest BCUT2D eigenvalue weighted by molar-refractivity contribution is 7.98. The Balaban J connectivity index is 2.53. The van der Waals surface area contributed by atoms with E-state index in [0.29, 0.717) is 27.1 Å². The van der Waals surface area contributed by atoms with Crippen molar-refractivity contribution >= 4 is 40.8 Å². The molecule has 0 bridgehead atoms. The summed E-state index contributed by atoms with van der Waals surface area (Å²) in [6.45, 7) is 0. The predicted molar refractivity (Wildman–Crippen MR) is 88.7 cm³/mol. The SMILES string of the molecule is CSc1nc(Cl)c([C@@H](O)c2ccc(Cl)cc2)c(N(C)C)n1. The fourth-order valence-corrected chi connectivity index (χ4v) is 2.70. The van der Waals surface area contributed by atoms with Crippen LogP contribution in [0.1, 0.15) is 17.2 Å². The number of halogens is 2. The molecule has 0 amide bonds. The van der Waals surface area contributed by atoms with Crippen LogP contribution in [0.25, 0.3) is 0 Å². The van der Waals surface area contributed by atoms with E-state index in [0.717, 1.165) is 0 Å². The Labute approximate surface area is 138 Å². The molecule has 0 fully saturated rings. The molecule has 0 saturated heterocycles. The van der Waals surface area contributed by atoms with E-state index in [1.54, 1.807) is 24.3 Å². The molecule has 112 valence electrons. The molecule has 1 aromatic heterocycles. The van der Waals surface area contributed by atoms with Gasteiger partial charge in [0, 0.05) is 19.1 Å². The Morgan fingerprint density at radius 2 is 1.76 bits per heavy atom. The van der Waals surface area contributed by atoms with Gasteiger partial charge in [-0.3, -0.25) is 0 Å². The topological polar surface area (TPSA) is 49.3 Å². The van der Waals surface area contributed by atoms with Gasteiger partial charge in [-0.2, -0.15) is 0 Å². The van der Waals surface area contributed by atoms with Crippen molar-refractivity contribution in [2.24, 2.45) is 0 Å². The molecule has 4 nitrogen and oxygen atoms in total. The van der Waals surface area contributed by atoms with Gasteiger partial charge in [-0.05, 0) is 24.0 Å². The number of aliphatic hydroxyl groups excluding tert-OH is 1. The van der Waals surface area contributed by atoms with Gasteiger partial charge in [0.05, 0.1) is 5.56 Å². The van der Waals surface area contributed by atoms with E-state index in [9.17, 15) is 5.11 Å². The minimum absolute atomic E-state index is 0.250. The third-order valence-corrected chi connectivity index (χ3v) is 4.01. The maximum atomic E-state index is 10.6. The predicted octanol–water partition coefficient (Wildman–Crippen LogP) is 3.65. The molecular formula is C14H15Cl2N3OS. The Hall–Kier alpha value is -1.01. The number of hydrogen-bond acceptors (Lipinski definition) is 5. The summed E-state index contributed by atoms with van der Waals surface area (Å²) in [5.74, 6) is 0.599. The van der Waals surface area contributed by atoms with E-state index in [4.69, 9.17) is 23.2 Å². The van der Waals surface area contributed by atoms with Gasteiger partial charge >= 0.3 is 0 Å². The smallest absolute Gasteiger partial charge is 0.190 e. The summed E-state index contributed by atoms with van der Waals surface area (Å²) >= 11 is 13.5. The lowest BCUT2D eigenvalue weighted by Crippen LogP contribution is -2.17. The molecule has 0 aliphatic heterocycles. The lowest BCUT2D eigenvalue weighted by Gasteiger charge is -2.21. The normalized spacial score (nSPS) is 12.3. The molecule has 2 aromatic rings. The monoisotopic (exact) mass is 343 g/mol. The number of hydrogen-bond donors (Lipinski definition) is 1. The van der Waals surface area contributed by atoms with Crippen LogP contribution in [-0.4, -0.2) is 35.4 Å². The fraction of sp³-hybridized carbons (Fsp3) is 0.286. The van der Waals surface area contributed by atoms with Crippen LogP contribution in [0.5, 0.6) is 0 Å². The largest absolute Gasteiger partial charge is 0.383 e. The van der Waals surface area contributed by atoms with Gasteiger partial charge in [0.1, 0.15) is 17.1 Å². The van der Waals surface area contributed by atoms with Gasteiger partial charge in [0.15, 0.2) is 5.16 Å². The van der Waals surface area contributed by atoms with E-state index in [-0.39, 0.29) is 5.15 Å². The first-order valence-electron chi connectivity index (χ1n) is 6.16. The van der Waals surface area contributed by atoms with Crippen molar-refractivity contribution in [1.82, 2.24) is 9.97 Å². The molecule has 2 rings (SSSR count). The first kappa shape index (κ1) is 16.4. The first-order chi connectivity index (χ1) is 9.93. The molecule has 1 atom stereocenters. The van der Waals surface area contributed by atoms with E-state index < -0.39 is 6.10 Å². The highest BCUT2D eigenvalue weighted by Gasteiger charge is 2.23. The van der Waals surface area contributed by atoms with Gasteiger partial charge in [0.25, 0.3) is 0 Å². The van der Waals surface area contributed by atoms with Gasteiger partial charge in [-0.15, -0.1) is 0 Å². The zero-order valence-corrected chi connectivity index (χ0v) is 14.2. The molecule has 0 unspecified atom stereocenters. The van der Waals surface area contributed by atoms with Crippen molar-refractivity contribution in [3.63, 3.8) is 0 Å². The Kier molecular flexibility index (Phi) is 5.32. The second-order valence-electron chi connectivity index (χ2n) is 4.59. The molecule has 21 heavy (non-hydrogen) atoms. The summed E-state index contributed by atoms with van der Waals surface area (Å²) in [5.41, 5.74) is 1.17. The lowest BCUT2D eigenvalue weighted by molar-refractivity contribution is 0.219. The number of benzene rings is 1. The van der Waals surface area contributed by atoms with Crippen molar-refractivity contribution in [1.29, 1.82) is 0 Å². The van der Waals surface area contributed by atoms with Crippen LogP contribution in [0, 0.1) is 0 Å². The summed E-state index contributed by atoms with van der Waals surface area (Å²) in [5, 5.41) is 12.0. The standard InChI is InChI=1S/C14H15Cl2N3OS/c1-19(2)13-10(12(16)17-14(18-13)21-3)11(20)8-4-6-9(15)7-5-8/h4-7,11,20H,1-3H3/t11-/m0/s1. The Morgan fingerprint density at radius 3 is 2.29 bits per heavy atom. The van der Waals surface area contributed by atoms with E-state index >= 15 is 0 Å². The second kappa shape index (κ2) is 6.83. The summed E-state index contributed by atoms with van der Waals surface area (Å²) in [6.07, 6.45) is 0.962. The molecule has 1 aromatic carbocycles.